The zero-order valence-electron chi connectivity index (χ0n) is 14.8. The Balaban J connectivity index is 0.000000209. The molecular weight excluding hydrogens is 360 g/mol. The lowest BCUT2D eigenvalue weighted by atomic mass is 10.1. The summed E-state index contributed by atoms with van der Waals surface area (Å²) < 4.78 is 5.18. The van der Waals surface area contributed by atoms with Crippen molar-refractivity contribution in [2.75, 3.05) is 0 Å². The molecule has 142 valence electrons. The first kappa shape index (κ1) is 20.4. The van der Waals surface area contributed by atoms with Gasteiger partial charge in [-0.2, -0.15) is 0 Å². The van der Waals surface area contributed by atoms with Crippen LogP contribution >= 0.6 is 0 Å². The molecule has 2 N–H and O–H groups in total. The Morgan fingerprint density at radius 1 is 0.643 bits per heavy atom. The first-order chi connectivity index (χ1) is 13.5. The molecule has 0 heterocycles. The maximum atomic E-state index is 11.6. The summed E-state index contributed by atoms with van der Waals surface area (Å²) >= 11 is 0. The number of carboxylic acid groups (broad SMARTS) is 2. The monoisotopic (exact) mass is 378 g/mol. The van der Waals surface area contributed by atoms with E-state index >= 15 is 0 Å². The molecule has 3 aromatic rings. The van der Waals surface area contributed by atoms with E-state index in [4.69, 9.17) is 14.9 Å². The predicted molar refractivity (Wildman–Crippen MR) is 102 cm³/mol. The highest BCUT2D eigenvalue weighted by atomic mass is 16.5. The van der Waals surface area contributed by atoms with E-state index in [1.807, 2.05) is 48.5 Å². The van der Waals surface area contributed by atoms with Crippen LogP contribution in [0.3, 0.4) is 0 Å². The Kier molecular flexibility index (Phi) is 7.48. The second kappa shape index (κ2) is 10.3. The van der Waals surface area contributed by atoms with Crippen molar-refractivity contribution >= 4 is 17.9 Å². The number of carboxylic acids is 2. The number of carbonyl (C=O) groups is 3. The van der Waals surface area contributed by atoms with Crippen molar-refractivity contribution in [2.45, 2.75) is 6.61 Å². The van der Waals surface area contributed by atoms with Gasteiger partial charge in [-0.3, -0.25) is 0 Å². The van der Waals surface area contributed by atoms with Gasteiger partial charge in [0.25, 0.3) is 0 Å². The molecule has 6 heteroatoms. The van der Waals surface area contributed by atoms with Gasteiger partial charge < -0.3 is 14.9 Å². The highest BCUT2D eigenvalue weighted by molar-refractivity contribution is 6.01. The van der Waals surface area contributed by atoms with Gasteiger partial charge >= 0.3 is 17.9 Å². The summed E-state index contributed by atoms with van der Waals surface area (Å²) in [5.41, 5.74) is 1.19. The minimum Gasteiger partial charge on any atom is -0.478 e. The maximum Gasteiger partial charge on any atom is 0.338 e. The summed E-state index contributed by atoms with van der Waals surface area (Å²) in [6.07, 6.45) is 0. The summed E-state index contributed by atoms with van der Waals surface area (Å²) in [5.74, 6) is -2.74. The quantitative estimate of drug-likeness (QED) is 0.648. The van der Waals surface area contributed by atoms with Gasteiger partial charge in [0, 0.05) is 0 Å². The molecule has 3 rings (SSSR count). The Bertz CT molecular complexity index is 903. The number of rotatable bonds is 5. The summed E-state index contributed by atoms with van der Waals surface area (Å²) in [6.45, 7) is 0.314. The molecule has 0 aromatic heterocycles. The lowest BCUT2D eigenvalue weighted by molar-refractivity contribution is 0.0472. The molecule has 0 amide bonds. The SMILES string of the molecule is O=C(O)c1ccccc1C(=O)O.O=C(OCc1ccccc1)c1ccccc1. The van der Waals surface area contributed by atoms with Crippen molar-refractivity contribution in [3.63, 3.8) is 0 Å². The Labute approximate surface area is 161 Å². The van der Waals surface area contributed by atoms with Gasteiger partial charge in [-0.1, -0.05) is 60.7 Å². The van der Waals surface area contributed by atoms with Gasteiger partial charge in [-0.25, -0.2) is 14.4 Å². The van der Waals surface area contributed by atoms with E-state index in [0.29, 0.717) is 12.2 Å². The molecule has 0 saturated heterocycles. The number of esters is 1. The normalized spacial score (nSPS) is 9.57. The molecule has 0 aliphatic rings. The minimum absolute atomic E-state index is 0.190. The van der Waals surface area contributed by atoms with Crippen molar-refractivity contribution < 1.29 is 29.3 Å². The Hall–Kier alpha value is -3.93. The lowest BCUT2D eigenvalue weighted by Crippen LogP contribution is -2.06. The number of ether oxygens (including phenoxy) is 1. The topological polar surface area (TPSA) is 101 Å². The highest BCUT2D eigenvalue weighted by Crippen LogP contribution is 2.08. The van der Waals surface area contributed by atoms with Crippen LogP contribution in [0.2, 0.25) is 0 Å². The van der Waals surface area contributed by atoms with Gasteiger partial charge in [0.2, 0.25) is 0 Å². The van der Waals surface area contributed by atoms with Crippen LogP contribution in [-0.2, 0) is 11.3 Å². The maximum absolute atomic E-state index is 11.6. The summed E-state index contributed by atoms with van der Waals surface area (Å²) in [5, 5.41) is 17.1. The van der Waals surface area contributed by atoms with Crippen molar-refractivity contribution in [1.82, 2.24) is 0 Å². The molecule has 6 nitrogen and oxygen atoms in total. The van der Waals surface area contributed by atoms with E-state index in [9.17, 15) is 14.4 Å². The van der Waals surface area contributed by atoms with E-state index in [0.717, 1.165) is 5.56 Å². The molecule has 0 spiro atoms. The number of benzene rings is 3. The van der Waals surface area contributed by atoms with Crippen LogP contribution in [-0.4, -0.2) is 28.1 Å². The van der Waals surface area contributed by atoms with Crippen LogP contribution in [0.15, 0.2) is 84.9 Å². The van der Waals surface area contributed by atoms with Crippen molar-refractivity contribution in [1.29, 1.82) is 0 Å². The second-order valence-corrected chi connectivity index (χ2v) is 5.58. The van der Waals surface area contributed by atoms with Crippen LogP contribution in [0.1, 0.15) is 36.6 Å². The molecule has 0 bridgehead atoms. The molecule has 0 aliphatic heterocycles. The van der Waals surface area contributed by atoms with E-state index in [-0.39, 0.29) is 17.1 Å². The highest BCUT2D eigenvalue weighted by Gasteiger charge is 2.13. The molecule has 0 fully saturated rings. The zero-order chi connectivity index (χ0) is 20.4. The summed E-state index contributed by atoms with van der Waals surface area (Å²) in [7, 11) is 0. The molecule has 0 aliphatic carbocycles. The molecular formula is C22H18O6. The molecule has 0 radical (unpaired) electrons. The third-order valence-corrected chi connectivity index (χ3v) is 3.61. The number of carbonyl (C=O) groups excluding carboxylic acids is 1. The van der Waals surface area contributed by atoms with Gasteiger partial charge in [0.1, 0.15) is 6.61 Å². The smallest absolute Gasteiger partial charge is 0.338 e. The van der Waals surface area contributed by atoms with Gasteiger partial charge in [-0.15, -0.1) is 0 Å². The van der Waals surface area contributed by atoms with Crippen LogP contribution in [0.25, 0.3) is 0 Å². The van der Waals surface area contributed by atoms with Gasteiger partial charge in [0.15, 0.2) is 0 Å². The summed E-state index contributed by atoms with van der Waals surface area (Å²) in [6, 6.07) is 24.1. The van der Waals surface area contributed by atoms with Crippen molar-refractivity contribution in [3.05, 3.63) is 107 Å². The lowest BCUT2D eigenvalue weighted by Gasteiger charge is -2.04. The molecule has 0 atom stereocenters. The number of hydrogen-bond donors (Lipinski definition) is 2. The number of aromatic carboxylic acids is 2. The largest absolute Gasteiger partial charge is 0.478 e. The van der Waals surface area contributed by atoms with Crippen molar-refractivity contribution in [2.24, 2.45) is 0 Å². The third kappa shape index (κ3) is 6.10. The van der Waals surface area contributed by atoms with Crippen LogP contribution in [0.5, 0.6) is 0 Å². The zero-order valence-corrected chi connectivity index (χ0v) is 14.8. The third-order valence-electron chi connectivity index (χ3n) is 3.61. The van der Waals surface area contributed by atoms with Crippen LogP contribution in [0.4, 0.5) is 0 Å². The number of hydrogen-bond acceptors (Lipinski definition) is 4. The molecule has 0 unspecified atom stereocenters. The van der Waals surface area contributed by atoms with Crippen LogP contribution in [0, 0.1) is 0 Å². The summed E-state index contributed by atoms with van der Waals surface area (Å²) in [4.78, 5) is 32.5. The predicted octanol–water partition coefficient (Wildman–Crippen LogP) is 4.13. The average molecular weight is 378 g/mol. The van der Waals surface area contributed by atoms with E-state index < -0.39 is 11.9 Å². The molecule has 3 aromatic carbocycles. The van der Waals surface area contributed by atoms with Gasteiger partial charge in [-0.05, 0) is 29.8 Å². The first-order valence-electron chi connectivity index (χ1n) is 8.30. The van der Waals surface area contributed by atoms with E-state index in [2.05, 4.69) is 0 Å². The van der Waals surface area contributed by atoms with Crippen LogP contribution < -0.4 is 0 Å². The fourth-order valence-corrected chi connectivity index (χ4v) is 2.24. The fourth-order valence-electron chi connectivity index (χ4n) is 2.24. The van der Waals surface area contributed by atoms with Crippen molar-refractivity contribution in [3.8, 4) is 0 Å². The van der Waals surface area contributed by atoms with Gasteiger partial charge in [0.05, 0.1) is 16.7 Å². The Morgan fingerprint density at radius 2 is 1.07 bits per heavy atom. The molecule has 28 heavy (non-hydrogen) atoms. The van der Waals surface area contributed by atoms with E-state index in [1.54, 1.807) is 12.1 Å². The fraction of sp³-hybridized carbons (Fsp3) is 0.0455. The second-order valence-electron chi connectivity index (χ2n) is 5.58. The average Bonchev–Trinajstić information content (AvgIpc) is 2.73. The molecule has 0 saturated carbocycles. The minimum atomic E-state index is -1.23. The standard InChI is InChI=1S/C14H12O2.C8H6O4/c15-14(13-9-5-2-6-10-13)16-11-12-7-3-1-4-8-12;9-7(10)5-3-1-2-4-6(5)8(11)12/h1-10H,11H2;1-4H,(H,9,10)(H,11,12). The van der Waals surface area contributed by atoms with E-state index in [1.165, 1.54) is 24.3 Å². The Morgan fingerprint density at radius 3 is 1.54 bits per heavy atom. The first-order valence-corrected chi connectivity index (χ1v) is 8.30.